The van der Waals surface area contributed by atoms with Crippen molar-refractivity contribution in [1.82, 2.24) is 25.0 Å². The number of carbonyl (C=O) groups excluding carboxylic acids is 1. The van der Waals surface area contributed by atoms with Crippen LogP contribution in [0, 0.1) is 5.82 Å². The molecule has 1 amide bonds. The molecule has 3 aromatic heterocycles. The van der Waals surface area contributed by atoms with Gasteiger partial charge in [-0.15, -0.1) is 11.3 Å². The number of hydrogen-bond donors (Lipinski definition) is 4. The third kappa shape index (κ3) is 6.09. The molecular weight excluding hydrogens is 605 g/mol. The molecule has 2 aliphatic rings. The predicted molar refractivity (Wildman–Crippen MR) is 180 cm³/mol. The first-order valence-electron chi connectivity index (χ1n) is 15.0. The van der Waals surface area contributed by atoms with E-state index in [4.69, 9.17) is 0 Å². The normalized spacial score (nSPS) is 14.4. The van der Waals surface area contributed by atoms with E-state index in [0.717, 1.165) is 31.1 Å². The SMILES string of the molecule is C=CC(=O)NCCNc1cccc(NC2=CC(c3cc(F)cc(-n4ncc5c6c(sc5c4=O)CCCC6)c3CO)=CN(C)C2=C)n1. The summed E-state index contributed by atoms with van der Waals surface area (Å²) in [4.78, 5) is 32.7. The van der Waals surface area contributed by atoms with E-state index in [-0.39, 0.29) is 17.2 Å². The topological polar surface area (TPSA) is 124 Å². The van der Waals surface area contributed by atoms with E-state index in [1.54, 1.807) is 29.4 Å². The summed E-state index contributed by atoms with van der Waals surface area (Å²) < 4.78 is 17.1. The third-order valence-electron chi connectivity index (χ3n) is 8.09. The van der Waals surface area contributed by atoms with Gasteiger partial charge in [0, 0.05) is 53.8 Å². The van der Waals surface area contributed by atoms with E-state index in [0.29, 0.717) is 57.5 Å². The molecule has 0 atom stereocenters. The number of anilines is 2. The van der Waals surface area contributed by atoms with Gasteiger partial charge in [-0.05, 0) is 67.2 Å². The molecule has 0 spiro atoms. The predicted octanol–water partition coefficient (Wildman–Crippen LogP) is 4.86. The Balaban J connectivity index is 1.32. The Morgan fingerprint density at radius 1 is 1.20 bits per heavy atom. The van der Waals surface area contributed by atoms with Gasteiger partial charge in [-0.2, -0.15) is 9.78 Å². The van der Waals surface area contributed by atoms with Gasteiger partial charge in [-0.25, -0.2) is 9.37 Å². The summed E-state index contributed by atoms with van der Waals surface area (Å²) in [5.41, 5.74) is 3.69. The second kappa shape index (κ2) is 13.1. The molecule has 0 fully saturated rings. The molecule has 0 bridgehead atoms. The molecule has 4 N–H and O–H groups in total. The molecule has 1 aromatic carbocycles. The first-order valence-corrected chi connectivity index (χ1v) is 15.8. The number of allylic oxidation sites excluding steroid dienone is 2. The number of nitrogens with one attached hydrogen (secondary N) is 3. The van der Waals surface area contributed by atoms with Gasteiger partial charge in [-0.3, -0.25) is 9.59 Å². The lowest BCUT2D eigenvalue weighted by Crippen LogP contribution is -2.27. The van der Waals surface area contributed by atoms with E-state index in [1.165, 1.54) is 44.7 Å². The van der Waals surface area contributed by atoms with Gasteiger partial charge in [0.25, 0.3) is 5.56 Å². The van der Waals surface area contributed by atoms with Crippen LogP contribution >= 0.6 is 11.3 Å². The average Bonchev–Trinajstić information content (AvgIpc) is 3.44. The number of fused-ring (bicyclic) bond motifs is 3. The summed E-state index contributed by atoms with van der Waals surface area (Å²) in [6.45, 7) is 8.04. The van der Waals surface area contributed by atoms with Crippen LogP contribution in [0.3, 0.4) is 0 Å². The number of thiophene rings is 1. The molecule has 0 saturated heterocycles. The maximum Gasteiger partial charge on any atom is 0.289 e. The molecule has 6 rings (SSSR count). The fourth-order valence-corrected chi connectivity index (χ4v) is 7.04. The molecule has 0 radical (unpaired) electrons. The van der Waals surface area contributed by atoms with Crippen molar-refractivity contribution in [3.63, 3.8) is 0 Å². The fraction of sp³-hybridized carbons (Fsp3) is 0.235. The molecule has 4 heterocycles. The van der Waals surface area contributed by atoms with Gasteiger partial charge in [0.2, 0.25) is 5.91 Å². The Kier molecular flexibility index (Phi) is 8.82. The number of rotatable bonds is 10. The number of nitrogens with zero attached hydrogens (tertiary/aromatic N) is 4. The van der Waals surface area contributed by atoms with Gasteiger partial charge < -0.3 is 26.0 Å². The van der Waals surface area contributed by atoms with Crippen LogP contribution < -0.4 is 21.5 Å². The molecule has 236 valence electrons. The van der Waals surface area contributed by atoms with Crippen LogP contribution in [0.25, 0.3) is 21.3 Å². The minimum atomic E-state index is -0.568. The van der Waals surface area contributed by atoms with Crippen molar-refractivity contribution in [2.24, 2.45) is 0 Å². The van der Waals surface area contributed by atoms with Crippen LogP contribution in [-0.4, -0.2) is 50.8 Å². The Morgan fingerprint density at radius 2 is 2.00 bits per heavy atom. The largest absolute Gasteiger partial charge is 0.392 e. The van der Waals surface area contributed by atoms with Crippen LogP contribution in [-0.2, 0) is 24.2 Å². The van der Waals surface area contributed by atoms with Crippen LogP contribution in [0.5, 0.6) is 0 Å². The zero-order valence-corrected chi connectivity index (χ0v) is 26.2. The number of aryl methyl sites for hydroxylation is 2. The van der Waals surface area contributed by atoms with Crippen molar-refractivity contribution in [2.75, 3.05) is 30.8 Å². The molecule has 1 aliphatic carbocycles. The first-order chi connectivity index (χ1) is 22.3. The average molecular weight is 640 g/mol. The third-order valence-corrected chi connectivity index (χ3v) is 9.38. The van der Waals surface area contributed by atoms with E-state index in [2.05, 4.69) is 39.2 Å². The second-order valence-electron chi connectivity index (χ2n) is 11.1. The van der Waals surface area contributed by atoms with Crippen molar-refractivity contribution < 1.29 is 14.3 Å². The Bertz CT molecular complexity index is 1990. The highest BCUT2D eigenvalue weighted by molar-refractivity contribution is 7.19. The monoisotopic (exact) mass is 639 g/mol. The lowest BCUT2D eigenvalue weighted by atomic mass is 9.95. The number of benzene rings is 1. The molecule has 4 aromatic rings. The fourth-order valence-electron chi connectivity index (χ4n) is 5.75. The minimum absolute atomic E-state index is 0.191. The first kappa shape index (κ1) is 30.9. The lowest BCUT2D eigenvalue weighted by Gasteiger charge is -2.27. The van der Waals surface area contributed by atoms with Crippen molar-refractivity contribution in [1.29, 1.82) is 0 Å². The quantitative estimate of drug-likeness (QED) is 0.143. The smallest absolute Gasteiger partial charge is 0.289 e. The van der Waals surface area contributed by atoms with Crippen LogP contribution in [0.1, 0.15) is 34.4 Å². The number of pyridine rings is 1. The number of aliphatic hydroxyl groups excluding tert-OH is 1. The minimum Gasteiger partial charge on any atom is -0.392 e. The number of amides is 1. The summed E-state index contributed by atoms with van der Waals surface area (Å²) in [7, 11) is 1.82. The summed E-state index contributed by atoms with van der Waals surface area (Å²) >= 11 is 1.49. The van der Waals surface area contributed by atoms with E-state index >= 15 is 4.39 Å². The number of hydrogen-bond acceptors (Lipinski definition) is 9. The Labute approximate surface area is 269 Å². The summed E-state index contributed by atoms with van der Waals surface area (Å²) in [5.74, 6) is 0.318. The molecule has 12 heteroatoms. The number of likely N-dealkylation sites (N-methyl/N-ethyl adjacent to an activating group) is 1. The van der Waals surface area contributed by atoms with Gasteiger partial charge in [0.05, 0.1) is 29.9 Å². The molecule has 1 aliphatic heterocycles. The summed E-state index contributed by atoms with van der Waals surface area (Å²) in [6.07, 6.45) is 10.6. The van der Waals surface area contributed by atoms with Crippen LogP contribution in [0.2, 0.25) is 0 Å². The number of halogens is 1. The van der Waals surface area contributed by atoms with Crippen molar-refractivity contribution in [3.05, 3.63) is 117 Å². The van der Waals surface area contributed by atoms with Crippen molar-refractivity contribution >= 4 is 44.5 Å². The van der Waals surface area contributed by atoms with Gasteiger partial charge in [0.1, 0.15) is 22.2 Å². The maximum atomic E-state index is 15.3. The number of aromatic nitrogens is 3. The summed E-state index contributed by atoms with van der Waals surface area (Å²) in [5, 5.41) is 25.1. The van der Waals surface area contributed by atoms with Crippen molar-refractivity contribution in [3.8, 4) is 5.69 Å². The van der Waals surface area contributed by atoms with Gasteiger partial charge in [-0.1, -0.05) is 19.2 Å². The lowest BCUT2D eigenvalue weighted by molar-refractivity contribution is -0.116. The number of carbonyl (C=O) groups is 1. The van der Waals surface area contributed by atoms with E-state index in [9.17, 15) is 14.7 Å². The Hall–Kier alpha value is -5.07. The maximum absolute atomic E-state index is 15.3. The zero-order chi connectivity index (χ0) is 32.4. The zero-order valence-electron chi connectivity index (χ0n) is 25.4. The van der Waals surface area contributed by atoms with Crippen LogP contribution in [0.4, 0.5) is 16.0 Å². The van der Waals surface area contributed by atoms with E-state index < -0.39 is 12.4 Å². The summed E-state index contributed by atoms with van der Waals surface area (Å²) in [6, 6.07) is 8.03. The van der Waals surface area contributed by atoms with E-state index in [1.807, 2.05) is 19.2 Å². The second-order valence-corrected chi connectivity index (χ2v) is 12.2. The standard InChI is InChI=1S/C34H34FN7O3S/c1-4-32(44)37-13-12-36-30-10-7-11-31(40-30)39-27-14-21(18-41(3)20(27)2)24-15-22(35)16-28(26(24)19-43)42-34(45)33-25(17-38-42)23-8-5-6-9-29(23)46-33/h4,7,10-11,14-18,43H,1-2,5-6,8-9,12-13,19H2,3H3,(H,37,44)(H2,36,39,40). The highest BCUT2D eigenvalue weighted by Gasteiger charge is 2.24. The van der Waals surface area contributed by atoms with Crippen LogP contribution in [0.15, 0.2) is 84.2 Å². The van der Waals surface area contributed by atoms with Crippen molar-refractivity contribution in [2.45, 2.75) is 32.3 Å². The highest BCUT2D eigenvalue weighted by atomic mass is 32.1. The highest BCUT2D eigenvalue weighted by Crippen LogP contribution is 2.36. The molecule has 0 unspecified atom stereocenters. The van der Waals surface area contributed by atoms with Gasteiger partial charge in [0.15, 0.2) is 0 Å². The molecule has 0 saturated carbocycles. The number of aliphatic hydroxyl groups is 1. The Morgan fingerprint density at radius 3 is 2.80 bits per heavy atom. The molecule has 46 heavy (non-hydrogen) atoms. The molecule has 10 nitrogen and oxygen atoms in total. The van der Waals surface area contributed by atoms with Gasteiger partial charge >= 0.3 is 0 Å². The molecular formula is C34H34FN7O3S.